The van der Waals surface area contributed by atoms with Gasteiger partial charge in [-0.15, -0.1) is 11.3 Å². The normalized spacial score (nSPS) is 11.4. The van der Waals surface area contributed by atoms with E-state index >= 15 is 0 Å². The summed E-state index contributed by atoms with van der Waals surface area (Å²) in [6, 6.07) is 5.65. The van der Waals surface area contributed by atoms with Crippen LogP contribution in [0.25, 0.3) is 21.1 Å². The molecule has 24 heavy (non-hydrogen) atoms. The van der Waals surface area contributed by atoms with Crippen molar-refractivity contribution in [2.24, 2.45) is 0 Å². The number of benzene rings is 1. The lowest BCUT2D eigenvalue weighted by molar-refractivity contribution is 1.03. The molecule has 0 saturated heterocycles. The Labute approximate surface area is 161 Å². The average Bonchev–Trinajstić information content (AvgIpc) is 3.03. The number of nitrogens with zero attached hydrogens (tertiary/aromatic N) is 3. The third-order valence-electron chi connectivity index (χ3n) is 3.35. The van der Waals surface area contributed by atoms with Crippen LogP contribution < -0.4 is 5.56 Å². The quantitative estimate of drug-likeness (QED) is 0.336. The topological polar surface area (TPSA) is 71.5 Å². The Kier molecular flexibility index (Phi) is 4.42. The van der Waals surface area contributed by atoms with E-state index in [1.165, 1.54) is 11.8 Å². The van der Waals surface area contributed by atoms with Crippen molar-refractivity contribution in [1.82, 2.24) is 19.9 Å². The minimum atomic E-state index is -0.152. The van der Waals surface area contributed by atoms with Gasteiger partial charge >= 0.3 is 0 Å². The fourth-order valence-corrected chi connectivity index (χ4v) is 5.26. The maximum Gasteiger partial charge on any atom is 0.258 e. The molecular formula is C15H8Br2N4OS2. The standard InChI is InChI=1S/C15H8Br2N4OS2/c16-7-3-9-12(10(17)4-7)20-11(21-13(9)22)5-24-15-8-1-2-23-14(8)18-6-19-15/h1-4,6H,5H2,(H,20,21,22). The number of nitrogens with one attached hydrogen (secondary N) is 1. The fourth-order valence-electron chi connectivity index (χ4n) is 2.30. The molecular weight excluding hydrogens is 476 g/mol. The lowest BCUT2D eigenvalue weighted by atomic mass is 10.2. The van der Waals surface area contributed by atoms with Crippen LogP contribution in [0.5, 0.6) is 0 Å². The zero-order valence-electron chi connectivity index (χ0n) is 11.9. The lowest BCUT2D eigenvalue weighted by Crippen LogP contribution is -2.11. The smallest absolute Gasteiger partial charge is 0.258 e. The molecule has 0 amide bonds. The third-order valence-corrected chi connectivity index (χ3v) is 6.25. The second kappa shape index (κ2) is 6.55. The summed E-state index contributed by atoms with van der Waals surface area (Å²) in [4.78, 5) is 29.3. The van der Waals surface area contributed by atoms with Gasteiger partial charge in [0.2, 0.25) is 0 Å². The summed E-state index contributed by atoms with van der Waals surface area (Å²) in [5.74, 6) is 1.14. The van der Waals surface area contributed by atoms with Crippen LogP contribution in [0.3, 0.4) is 0 Å². The van der Waals surface area contributed by atoms with Crippen LogP contribution in [0.2, 0.25) is 0 Å². The molecule has 5 nitrogen and oxygen atoms in total. The van der Waals surface area contributed by atoms with Gasteiger partial charge in [0.1, 0.15) is 22.0 Å². The summed E-state index contributed by atoms with van der Waals surface area (Å²) in [7, 11) is 0. The lowest BCUT2D eigenvalue weighted by Gasteiger charge is -2.05. The van der Waals surface area contributed by atoms with Gasteiger partial charge in [0, 0.05) is 14.3 Å². The van der Waals surface area contributed by atoms with Crippen molar-refractivity contribution in [3.63, 3.8) is 0 Å². The van der Waals surface area contributed by atoms with Crippen LogP contribution in [0, 0.1) is 0 Å². The van der Waals surface area contributed by atoms with E-state index in [1.807, 2.05) is 17.5 Å². The molecule has 0 aliphatic carbocycles. The average molecular weight is 484 g/mol. The predicted molar refractivity (Wildman–Crippen MR) is 105 cm³/mol. The molecule has 0 saturated carbocycles. The molecule has 3 heterocycles. The molecule has 9 heteroatoms. The second-order valence-corrected chi connectivity index (χ2v) is 8.53. The van der Waals surface area contributed by atoms with E-state index in [0.717, 1.165) is 24.2 Å². The van der Waals surface area contributed by atoms with Gasteiger partial charge in [-0.2, -0.15) is 0 Å². The van der Waals surface area contributed by atoms with Crippen LogP contribution in [-0.2, 0) is 5.75 Å². The molecule has 0 aliphatic heterocycles. The zero-order chi connectivity index (χ0) is 16.7. The Bertz CT molecular complexity index is 1130. The Morgan fingerprint density at radius 3 is 2.96 bits per heavy atom. The van der Waals surface area contributed by atoms with Crippen molar-refractivity contribution >= 4 is 76.1 Å². The van der Waals surface area contributed by atoms with Crippen molar-refractivity contribution in [2.75, 3.05) is 0 Å². The minimum Gasteiger partial charge on any atom is -0.309 e. The Morgan fingerprint density at radius 2 is 2.08 bits per heavy atom. The van der Waals surface area contributed by atoms with Crippen LogP contribution in [0.1, 0.15) is 5.82 Å². The first-order chi connectivity index (χ1) is 11.6. The molecule has 0 aliphatic rings. The Balaban J connectivity index is 1.70. The number of halogens is 2. The molecule has 0 unspecified atom stereocenters. The molecule has 0 radical (unpaired) electrons. The first-order valence-corrected chi connectivity index (χ1v) is 10.3. The predicted octanol–water partition coefficient (Wildman–Crippen LogP) is 4.75. The van der Waals surface area contributed by atoms with Gasteiger partial charge in [0.25, 0.3) is 5.56 Å². The highest BCUT2D eigenvalue weighted by atomic mass is 79.9. The van der Waals surface area contributed by atoms with Crippen molar-refractivity contribution in [3.8, 4) is 0 Å². The summed E-state index contributed by atoms with van der Waals surface area (Å²) >= 11 is 9.97. The molecule has 3 aromatic heterocycles. The highest BCUT2D eigenvalue weighted by Gasteiger charge is 2.11. The van der Waals surface area contributed by atoms with Crippen LogP contribution in [0.15, 0.2) is 48.7 Å². The molecule has 0 atom stereocenters. The Morgan fingerprint density at radius 1 is 1.21 bits per heavy atom. The molecule has 1 N–H and O–H groups in total. The summed E-state index contributed by atoms with van der Waals surface area (Å²) in [5.41, 5.74) is 0.502. The minimum absolute atomic E-state index is 0.152. The molecule has 0 spiro atoms. The van der Waals surface area contributed by atoms with Crippen molar-refractivity contribution in [1.29, 1.82) is 0 Å². The number of thioether (sulfide) groups is 1. The molecule has 120 valence electrons. The Hall–Kier alpha value is -1.29. The number of aromatic amines is 1. The van der Waals surface area contributed by atoms with Gasteiger partial charge in [0.05, 0.1) is 16.7 Å². The number of fused-ring (bicyclic) bond motifs is 2. The van der Waals surface area contributed by atoms with Gasteiger partial charge < -0.3 is 4.98 Å². The maximum atomic E-state index is 12.3. The molecule has 4 rings (SSSR count). The SMILES string of the molecule is O=c1[nH]c(CSc2ncnc3sccc23)nc2c(Br)cc(Br)cc12. The van der Waals surface area contributed by atoms with Crippen molar-refractivity contribution in [2.45, 2.75) is 10.8 Å². The van der Waals surface area contributed by atoms with E-state index in [4.69, 9.17) is 0 Å². The monoisotopic (exact) mass is 482 g/mol. The largest absolute Gasteiger partial charge is 0.309 e. The van der Waals surface area contributed by atoms with Crippen LogP contribution in [0.4, 0.5) is 0 Å². The summed E-state index contributed by atoms with van der Waals surface area (Å²) < 4.78 is 1.61. The van der Waals surface area contributed by atoms with Gasteiger partial charge in [-0.05, 0) is 39.5 Å². The van der Waals surface area contributed by atoms with Crippen LogP contribution >= 0.6 is 55.0 Å². The molecule has 4 aromatic rings. The van der Waals surface area contributed by atoms with Crippen LogP contribution in [-0.4, -0.2) is 19.9 Å². The summed E-state index contributed by atoms with van der Waals surface area (Å²) in [5, 5.41) is 4.46. The van der Waals surface area contributed by atoms with E-state index in [0.29, 0.717) is 22.5 Å². The third kappa shape index (κ3) is 3.01. The highest BCUT2D eigenvalue weighted by molar-refractivity contribution is 9.11. The van der Waals surface area contributed by atoms with Gasteiger partial charge in [-0.1, -0.05) is 27.7 Å². The van der Waals surface area contributed by atoms with Gasteiger partial charge in [0.15, 0.2) is 0 Å². The number of hydrogen-bond donors (Lipinski definition) is 1. The number of aromatic nitrogens is 4. The maximum absolute atomic E-state index is 12.3. The second-order valence-electron chi connectivity index (χ2n) is 4.90. The fraction of sp³-hybridized carbons (Fsp3) is 0.0667. The first-order valence-electron chi connectivity index (χ1n) is 6.81. The highest BCUT2D eigenvalue weighted by Crippen LogP contribution is 2.30. The van der Waals surface area contributed by atoms with E-state index < -0.39 is 0 Å². The number of rotatable bonds is 3. The zero-order valence-corrected chi connectivity index (χ0v) is 16.7. The van der Waals surface area contributed by atoms with Crippen molar-refractivity contribution in [3.05, 3.63) is 55.0 Å². The molecule has 0 bridgehead atoms. The van der Waals surface area contributed by atoms with E-state index in [1.54, 1.807) is 23.7 Å². The van der Waals surface area contributed by atoms with Gasteiger partial charge in [-0.25, -0.2) is 15.0 Å². The van der Waals surface area contributed by atoms with Gasteiger partial charge in [-0.3, -0.25) is 4.79 Å². The van der Waals surface area contributed by atoms with E-state index in [-0.39, 0.29) is 5.56 Å². The van der Waals surface area contributed by atoms with Crippen molar-refractivity contribution < 1.29 is 0 Å². The summed E-state index contributed by atoms with van der Waals surface area (Å²) in [6.07, 6.45) is 1.56. The number of hydrogen-bond acceptors (Lipinski definition) is 6. The number of thiophene rings is 1. The van der Waals surface area contributed by atoms with E-state index in [2.05, 4.69) is 51.8 Å². The number of H-pyrrole nitrogens is 1. The summed E-state index contributed by atoms with van der Waals surface area (Å²) in [6.45, 7) is 0. The molecule has 1 aromatic carbocycles. The molecule has 0 fully saturated rings. The first kappa shape index (κ1) is 16.2. The van der Waals surface area contributed by atoms with E-state index in [9.17, 15) is 4.79 Å².